The second kappa shape index (κ2) is 6.56. The zero-order valence-corrected chi connectivity index (χ0v) is 12.5. The van der Waals surface area contributed by atoms with Gasteiger partial charge in [-0.15, -0.1) is 0 Å². The third kappa shape index (κ3) is 3.36. The maximum atomic E-state index is 13.6. The number of carbonyl (C=O) groups excluding carboxylic acids is 1. The summed E-state index contributed by atoms with van der Waals surface area (Å²) in [5.41, 5.74) is 0.522. The highest BCUT2D eigenvalue weighted by Gasteiger charge is 2.28. The van der Waals surface area contributed by atoms with E-state index in [1.54, 1.807) is 24.3 Å². The largest absolute Gasteiger partial charge is 0.494 e. The molecule has 120 valence electrons. The van der Waals surface area contributed by atoms with E-state index >= 15 is 0 Å². The van der Waals surface area contributed by atoms with E-state index in [2.05, 4.69) is 0 Å². The number of halogens is 1. The standard InChI is InChI=1S/C17H15FO5/c1-20-13-7-6-11(8-12(13)18)9-22-17(19)16-10-21-14-4-2-3-5-15(14)23-16/h2-8,16H,9-10H2,1H3. The van der Waals surface area contributed by atoms with Crippen molar-refractivity contribution >= 4 is 5.97 Å². The molecule has 1 aliphatic heterocycles. The van der Waals surface area contributed by atoms with Crippen LogP contribution >= 0.6 is 0 Å². The molecule has 3 rings (SSSR count). The van der Waals surface area contributed by atoms with Crippen LogP contribution in [-0.4, -0.2) is 25.8 Å². The second-order valence-corrected chi connectivity index (χ2v) is 4.94. The quantitative estimate of drug-likeness (QED) is 0.811. The topological polar surface area (TPSA) is 54.0 Å². The molecule has 0 aromatic heterocycles. The number of ether oxygens (including phenoxy) is 4. The number of hydrogen-bond donors (Lipinski definition) is 0. The number of methoxy groups -OCH3 is 1. The second-order valence-electron chi connectivity index (χ2n) is 4.94. The fourth-order valence-electron chi connectivity index (χ4n) is 2.18. The molecule has 5 nitrogen and oxygen atoms in total. The number of esters is 1. The van der Waals surface area contributed by atoms with Crippen LogP contribution in [0.15, 0.2) is 42.5 Å². The van der Waals surface area contributed by atoms with Crippen molar-refractivity contribution in [3.8, 4) is 17.2 Å². The Morgan fingerprint density at radius 2 is 2.04 bits per heavy atom. The van der Waals surface area contributed by atoms with Gasteiger partial charge in [0.15, 0.2) is 23.1 Å². The summed E-state index contributed by atoms with van der Waals surface area (Å²) in [5.74, 6) is 0.161. The molecule has 0 fully saturated rings. The smallest absolute Gasteiger partial charge is 0.351 e. The van der Waals surface area contributed by atoms with Gasteiger partial charge in [-0.05, 0) is 29.8 Å². The number of rotatable bonds is 4. The number of para-hydroxylation sites is 2. The van der Waals surface area contributed by atoms with Gasteiger partial charge in [0.25, 0.3) is 0 Å². The number of benzene rings is 2. The van der Waals surface area contributed by atoms with Gasteiger partial charge in [0.1, 0.15) is 13.2 Å². The average Bonchev–Trinajstić information content (AvgIpc) is 2.59. The fourth-order valence-corrected chi connectivity index (χ4v) is 2.18. The van der Waals surface area contributed by atoms with Crippen LogP contribution in [0, 0.1) is 5.82 Å². The number of carbonyl (C=O) groups is 1. The summed E-state index contributed by atoms with van der Waals surface area (Å²) in [6, 6.07) is 11.5. The Labute approximate surface area is 132 Å². The molecule has 23 heavy (non-hydrogen) atoms. The molecule has 0 N–H and O–H groups in total. The summed E-state index contributed by atoms with van der Waals surface area (Å²) in [7, 11) is 1.39. The molecule has 0 bridgehead atoms. The SMILES string of the molecule is COc1ccc(COC(=O)C2COc3ccccc3O2)cc1F. The van der Waals surface area contributed by atoms with Crippen molar-refractivity contribution in [2.24, 2.45) is 0 Å². The number of hydrogen-bond acceptors (Lipinski definition) is 5. The van der Waals surface area contributed by atoms with Crippen LogP contribution in [0.3, 0.4) is 0 Å². The van der Waals surface area contributed by atoms with E-state index < -0.39 is 17.9 Å². The molecule has 0 saturated heterocycles. The lowest BCUT2D eigenvalue weighted by molar-refractivity contribution is -0.155. The van der Waals surface area contributed by atoms with Crippen molar-refractivity contribution in [1.29, 1.82) is 0 Å². The Kier molecular flexibility index (Phi) is 4.32. The lowest BCUT2D eigenvalue weighted by atomic mass is 10.2. The summed E-state index contributed by atoms with van der Waals surface area (Å²) in [6.07, 6.45) is -0.840. The van der Waals surface area contributed by atoms with Crippen LogP contribution in [0.5, 0.6) is 17.2 Å². The van der Waals surface area contributed by atoms with Crippen molar-refractivity contribution in [2.75, 3.05) is 13.7 Å². The van der Waals surface area contributed by atoms with Crippen molar-refractivity contribution in [3.63, 3.8) is 0 Å². The van der Waals surface area contributed by atoms with Gasteiger partial charge in [-0.1, -0.05) is 18.2 Å². The summed E-state index contributed by atoms with van der Waals surface area (Å²) in [5, 5.41) is 0. The van der Waals surface area contributed by atoms with Crippen molar-refractivity contribution < 1.29 is 28.1 Å². The Morgan fingerprint density at radius 1 is 1.26 bits per heavy atom. The summed E-state index contributed by atoms with van der Waals surface area (Å²) in [4.78, 5) is 12.0. The fraction of sp³-hybridized carbons (Fsp3) is 0.235. The molecule has 1 heterocycles. The van der Waals surface area contributed by atoms with Crippen LogP contribution in [0.25, 0.3) is 0 Å². The Bertz CT molecular complexity index is 716. The predicted octanol–water partition coefficient (Wildman–Crippen LogP) is 2.72. The Hall–Kier alpha value is -2.76. The van der Waals surface area contributed by atoms with Gasteiger partial charge in [0.05, 0.1) is 7.11 Å². The van der Waals surface area contributed by atoms with E-state index in [-0.39, 0.29) is 19.0 Å². The molecule has 0 radical (unpaired) electrons. The first-order valence-corrected chi connectivity index (χ1v) is 7.05. The van der Waals surface area contributed by atoms with Gasteiger partial charge >= 0.3 is 5.97 Å². The molecule has 0 saturated carbocycles. The van der Waals surface area contributed by atoms with Gasteiger partial charge in [-0.25, -0.2) is 9.18 Å². The van der Waals surface area contributed by atoms with E-state index in [0.29, 0.717) is 17.1 Å². The molecule has 1 atom stereocenters. The first kappa shape index (κ1) is 15.1. The highest BCUT2D eigenvalue weighted by atomic mass is 19.1. The van der Waals surface area contributed by atoms with E-state index in [9.17, 15) is 9.18 Å². The van der Waals surface area contributed by atoms with E-state index in [4.69, 9.17) is 18.9 Å². The molecular formula is C17H15FO5. The third-order valence-corrected chi connectivity index (χ3v) is 3.37. The minimum Gasteiger partial charge on any atom is -0.494 e. The summed E-state index contributed by atoms with van der Waals surface area (Å²) in [6.45, 7) is 0.0219. The van der Waals surface area contributed by atoms with Crippen LogP contribution in [0.4, 0.5) is 4.39 Å². The minimum absolute atomic E-state index is 0.0543. The zero-order valence-electron chi connectivity index (χ0n) is 12.5. The highest BCUT2D eigenvalue weighted by Crippen LogP contribution is 2.31. The van der Waals surface area contributed by atoms with Gasteiger partial charge < -0.3 is 18.9 Å². The van der Waals surface area contributed by atoms with E-state index in [1.165, 1.54) is 19.2 Å². The molecule has 1 unspecified atom stereocenters. The lowest BCUT2D eigenvalue weighted by Gasteiger charge is -2.24. The molecule has 0 aliphatic carbocycles. The summed E-state index contributed by atoms with van der Waals surface area (Å²) < 4.78 is 34.6. The highest BCUT2D eigenvalue weighted by molar-refractivity contribution is 5.76. The normalized spacial score (nSPS) is 15.8. The molecule has 2 aromatic carbocycles. The van der Waals surface area contributed by atoms with Crippen LogP contribution in [0.1, 0.15) is 5.56 Å². The monoisotopic (exact) mass is 318 g/mol. The number of fused-ring (bicyclic) bond motifs is 1. The van der Waals surface area contributed by atoms with Gasteiger partial charge in [-0.3, -0.25) is 0 Å². The molecule has 0 amide bonds. The van der Waals surface area contributed by atoms with Crippen LogP contribution in [0.2, 0.25) is 0 Å². The van der Waals surface area contributed by atoms with E-state index in [0.717, 1.165) is 0 Å². The van der Waals surface area contributed by atoms with Gasteiger partial charge in [0, 0.05) is 0 Å². The van der Waals surface area contributed by atoms with Gasteiger partial charge in [-0.2, -0.15) is 0 Å². The lowest BCUT2D eigenvalue weighted by Crippen LogP contribution is -2.37. The Morgan fingerprint density at radius 3 is 2.78 bits per heavy atom. The Balaban J connectivity index is 1.59. The summed E-state index contributed by atoms with van der Waals surface area (Å²) >= 11 is 0. The minimum atomic E-state index is -0.840. The first-order chi connectivity index (χ1) is 11.2. The average molecular weight is 318 g/mol. The van der Waals surface area contributed by atoms with Crippen molar-refractivity contribution in [2.45, 2.75) is 12.7 Å². The van der Waals surface area contributed by atoms with Crippen molar-refractivity contribution in [1.82, 2.24) is 0 Å². The zero-order chi connectivity index (χ0) is 16.2. The van der Waals surface area contributed by atoms with Gasteiger partial charge in [0.2, 0.25) is 6.10 Å². The third-order valence-electron chi connectivity index (χ3n) is 3.37. The molecule has 1 aliphatic rings. The first-order valence-electron chi connectivity index (χ1n) is 7.05. The molecule has 2 aromatic rings. The van der Waals surface area contributed by atoms with Crippen LogP contribution < -0.4 is 14.2 Å². The predicted molar refractivity (Wildman–Crippen MR) is 79.1 cm³/mol. The molecule has 0 spiro atoms. The maximum Gasteiger partial charge on any atom is 0.351 e. The maximum absolute atomic E-state index is 13.6. The van der Waals surface area contributed by atoms with E-state index in [1.807, 2.05) is 6.07 Å². The molecule has 6 heteroatoms. The molecular weight excluding hydrogens is 303 g/mol. The van der Waals surface area contributed by atoms with Crippen molar-refractivity contribution in [3.05, 3.63) is 53.8 Å². The van der Waals surface area contributed by atoms with Crippen LogP contribution in [-0.2, 0) is 16.1 Å².